The molecule has 0 radical (unpaired) electrons. The highest BCUT2D eigenvalue weighted by atomic mass is 79.9. The van der Waals surface area contributed by atoms with Crippen molar-refractivity contribution in [1.82, 2.24) is 15.0 Å². The van der Waals surface area contributed by atoms with E-state index in [1.54, 1.807) is 6.20 Å². The molecule has 7 heteroatoms. The lowest BCUT2D eigenvalue weighted by Crippen LogP contribution is -2.46. The third kappa shape index (κ3) is 3.41. The van der Waals surface area contributed by atoms with Gasteiger partial charge in [0.25, 0.3) is 0 Å². The Morgan fingerprint density at radius 1 is 1.29 bits per heavy atom. The van der Waals surface area contributed by atoms with Gasteiger partial charge in [0.2, 0.25) is 0 Å². The van der Waals surface area contributed by atoms with E-state index in [0.717, 1.165) is 44.2 Å². The molecule has 0 spiro atoms. The number of rotatable bonds is 3. The number of halogens is 2. The monoisotopic (exact) mass is 354 g/mol. The van der Waals surface area contributed by atoms with E-state index < -0.39 is 0 Å². The highest BCUT2D eigenvalue weighted by molar-refractivity contribution is 9.10. The van der Waals surface area contributed by atoms with E-state index in [-0.39, 0.29) is 5.82 Å². The Morgan fingerprint density at radius 3 is 2.67 bits per heavy atom. The van der Waals surface area contributed by atoms with Crippen LogP contribution < -0.4 is 4.90 Å². The van der Waals surface area contributed by atoms with Gasteiger partial charge in [-0.3, -0.25) is 4.90 Å². The highest BCUT2D eigenvalue weighted by Crippen LogP contribution is 2.21. The van der Waals surface area contributed by atoms with Gasteiger partial charge in [-0.15, -0.1) is 0 Å². The van der Waals surface area contributed by atoms with Crippen LogP contribution in [0.15, 0.2) is 27.3 Å². The van der Waals surface area contributed by atoms with Gasteiger partial charge in [0.1, 0.15) is 0 Å². The van der Waals surface area contributed by atoms with Crippen molar-refractivity contribution in [2.75, 3.05) is 31.1 Å². The van der Waals surface area contributed by atoms with Crippen molar-refractivity contribution in [1.29, 1.82) is 0 Å². The molecule has 0 amide bonds. The number of aromatic nitrogens is 2. The van der Waals surface area contributed by atoms with E-state index in [1.807, 2.05) is 17.9 Å². The fourth-order valence-electron chi connectivity index (χ4n) is 2.47. The first kappa shape index (κ1) is 14.5. The average Bonchev–Trinajstić information content (AvgIpc) is 2.85. The molecule has 0 bridgehead atoms. The Kier molecular flexibility index (Phi) is 4.21. The maximum Gasteiger partial charge on any atom is 0.166 e. The molecule has 2 aromatic rings. The predicted molar refractivity (Wildman–Crippen MR) is 80.6 cm³/mol. The second-order valence-corrected chi connectivity index (χ2v) is 6.07. The smallest absolute Gasteiger partial charge is 0.166 e. The van der Waals surface area contributed by atoms with Crippen molar-refractivity contribution < 1.29 is 8.91 Å². The van der Waals surface area contributed by atoms with Crippen LogP contribution in [0.2, 0.25) is 0 Å². The summed E-state index contributed by atoms with van der Waals surface area (Å²) in [5, 5.41) is 3.89. The lowest BCUT2D eigenvalue weighted by molar-refractivity contribution is 0.218. The van der Waals surface area contributed by atoms with Crippen molar-refractivity contribution >= 4 is 21.7 Å². The summed E-state index contributed by atoms with van der Waals surface area (Å²) >= 11 is 3.22. The van der Waals surface area contributed by atoms with Gasteiger partial charge in [-0.1, -0.05) is 5.16 Å². The second-order valence-electron chi connectivity index (χ2n) is 5.16. The maximum absolute atomic E-state index is 13.9. The van der Waals surface area contributed by atoms with Gasteiger partial charge in [-0.2, -0.15) is 0 Å². The summed E-state index contributed by atoms with van der Waals surface area (Å²) in [4.78, 5) is 8.42. The number of hydrogen-bond donors (Lipinski definition) is 0. The molecule has 0 unspecified atom stereocenters. The standard InChI is InChI=1S/C14H16BrFN4O/c1-10-6-12(21-18-10)9-19-2-4-20(5-3-19)14-13(16)7-11(15)8-17-14/h6-8H,2-5,9H2,1H3. The highest BCUT2D eigenvalue weighted by Gasteiger charge is 2.21. The molecule has 0 saturated carbocycles. The lowest BCUT2D eigenvalue weighted by Gasteiger charge is -2.34. The topological polar surface area (TPSA) is 45.4 Å². The van der Waals surface area contributed by atoms with Gasteiger partial charge in [0.05, 0.1) is 12.2 Å². The number of piperazine rings is 1. The van der Waals surface area contributed by atoms with Crippen LogP contribution in [-0.2, 0) is 6.54 Å². The lowest BCUT2D eigenvalue weighted by atomic mass is 10.2. The molecule has 21 heavy (non-hydrogen) atoms. The van der Waals surface area contributed by atoms with Crippen molar-refractivity contribution in [3.05, 3.63) is 40.1 Å². The second kappa shape index (κ2) is 6.11. The SMILES string of the molecule is Cc1cc(CN2CCN(c3ncc(Br)cc3F)CC2)on1. The number of pyridine rings is 1. The van der Waals surface area contributed by atoms with E-state index in [1.165, 1.54) is 6.07 Å². The first-order valence-electron chi connectivity index (χ1n) is 6.82. The first-order valence-corrected chi connectivity index (χ1v) is 7.61. The molecular weight excluding hydrogens is 339 g/mol. The van der Waals surface area contributed by atoms with E-state index >= 15 is 0 Å². The van der Waals surface area contributed by atoms with Gasteiger partial charge in [0.15, 0.2) is 17.4 Å². The van der Waals surface area contributed by atoms with Crippen LogP contribution in [-0.4, -0.2) is 41.2 Å². The van der Waals surface area contributed by atoms with E-state index in [9.17, 15) is 4.39 Å². The Hall–Kier alpha value is -1.47. The first-order chi connectivity index (χ1) is 10.1. The van der Waals surface area contributed by atoms with Gasteiger partial charge in [-0.25, -0.2) is 9.37 Å². The van der Waals surface area contributed by atoms with E-state index in [4.69, 9.17) is 4.52 Å². The van der Waals surface area contributed by atoms with Crippen LogP contribution in [0.3, 0.4) is 0 Å². The van der Waals surface area contributed by atoms with Crippen LogP contribution >= 0.6 is 15.9 Å². The minimum Gasteiger partial charge on any atom is -0.360 e. The summed E-state index contributed by atoms with van der Waals surface area (Å²) in [5.74, 6) is 1.01. The fourth-order valence-corrected chi connectivity index (χ4v) is 2.77. The molecule has 1 fully saturated rings. The number of nitrogens with zero attached hydrogens (tertiary/aromatic N) is 4. The molecule has 1 saturated heterocycles. The minimum absolute atomic E-state index is 0.288. The molecular formula is C14H16BrFN4O. The zero-order valence-corrected chi connectivity index (χ0v) is 13.3. The third-order valence-corrected chi connectivity index (χ3v) is 3.95. The van der Waals surface area contributed by atoms with Crippen LogP contribution in [0.5, 0.6) is 0 Å². The van der Waals surface area contributed by atoms with E-state index in [2.05, 4.69) is 31.0 Å². The van der Waals surface area contributed by atoms with Crippen molar-refractivity contribution in [2.45, 2.75) is 13.5 Å². The average molecular weight is 355 g/mol. The Labute approximate surface area is 130 Å². The molecule has 1 aliphatic heterocycles. The molecule has 0 aliphatic carbocycles. The zero-order valence-electron chi connectivity index (χ0n) is 11.7. The Bertz CT molecular complexity index is 625. The quantitative estimate of drug-likeness (QED) is 0.847. The van der Waals surface area contributed by atoms with E-state index in [0.29, 0.717) is 10.3 Å². The third-order valence-electron chi connectivity index (χ3n) is 3.52. The zero-order chi connectivity index (χ0) is 14.8. The summed E-state index contributed by atoms with van der Waals surface area (Å²) in [6, 6.07) is 3.40. The predicted octanol–water partition coefficient (Wildman–Crippen LogP) is 2.60. The number of hydrogen-bond acceptors (Lipinski definition) is 5. The molecule has 0 atom stereocenters. The van der Waals surface area contributed by atoms with Crippen molar-refractivity contribution in [3.8, 4) is 0 Å². The minimum atomic E-state index is -0.288. The molecule has 0 aromatic carbocycles. The number of aryl methyl sites for hydroxylation is 1. The van der Waals surface area contributed by atoms with Crippen LogP contribution in [0, 0.1) is 12.7 Å². The van der Waals surface area contributed by atoms with Crippen LogP contribution in [0.1, 0.15) is 11.5 Å². The van der Waals surface area contributed by atoms with Crippen molar-refractivity contribution in [3.63, 3.8) is 0 Å². The normalized spacial score (nSPS) is 16.4. The maximum atomic E-state index is 13.9. The molecule has 3 rings (SSSR count). The summed E-state index contributed by atoms with van der Waals surface area (Å²) in [6.45, 7) is 5.84. The number of anilines is 1. The van der Waals surface area contributed by atoms with Crippen molar-refractivity contribution in [2.24, 2.45) is 0 Å². The molecule has 112 valence electrons. The summed E-state index contributed by atoms with van der Waals surface area (Å²) < 4.78 is 19.8. The van der Waals surface area contributed by atoms with Crippen LogP contribution in [0.25, 0.3) is 0 Å². The fraction of sp³-hybridized carbons (Fsp3) is 0.429. The molecule has 2 aromatic heterocycles. The molecule has 3 heterocycles. The molecule has 0 N–H and O–H groups in total. The van der Waals surface area contributed by atoms with Gasteiger partial charge in [-0.05, 0) is 28.9 Å². The van der Waals surface area contributed by atoms with Gasteiger partial charge >= 0.3 is 0 Å². The van der Waals surface area contributed by atoms with Gasteiger partial charge < -0.3 is 9.42 Å². The molecule has 5 nitrogen and oxygen atoms in total. The summed E-state index contributed by atoms with van der Waals surface area (Å²) in [7, 11) is 0. The largest absolute Gasteiger partial charge is 0.360 e. The van der Waals surface area contributed by atoms with Gasteiger partial charge in [0, 0.05) is 42.9 Å². The Morgan fingerprint density at radius 2 is 2.05 bits per heavy atom. The molecule has 1 aliphatic rings. The summed E-state index contributed by atoms with van der Waals surface area (Å²) in [5.41, 5.74) is 0.893. The Balaban J connectivity index is 1.59. The summed E-state index contributed by atoms with van der Waals surface area (Å²) in [6.07, 6.45) is 1.63. The van der Waals surface area contributed by atoms with Crippen LogP contribution in [0.4, 0.5) is 10.2 Å².